The van der Waals surface area contributed by atoms with E-state index in [0.29, 0.717) is 0 Å². The van der Waals surface area contributed by atoms with E-state index in [9.17, 15) is 0 Å². The second-order valence-corrected chi connectivity index (χ2v) is 8.56. The Kier molecular flexibility index (Phi) is 6.67. The fraction of sp³-hybridized carbons (Fsp3) is 0.304. The molecule has 2 aromatic carbocycles. The van der Waals surface area contributed by atoms with Crippen molar-refractivity contribution in [3.05, 3.63) is 82.6 Å². The maximum atomic E-state index is 6.10. The van der Waals surface area contributed by atoms with Gasteiger partial charge in [0.15, 0.2) is 5.11 Å². The molecule has 0 radical (unpaired) electrons. The average molecular weight is 440 g/mol. The largest absolute Gasteiger partial charge is 0.346 e. The van der Waals surface area contributed by atoms with Crippen LogP contribution >= 0.6 is 23.8 Å². The van der Waals surface area contributed by atoms with Crippen molar-refractivity contribution in [1.82, 2.24) is 19.6 Å². The van der Waals surface area contributed by atoms with Crippen LogP contribution in [0.3, 0.4) is 0 Å². The summed E-state index contributed by atoms with van der Waals surface area (Å²) in [5.74, 6) is 0. The van der Waals surface area contributed by atoms with Crippen LogP contribution in [0.25, 0.3) is 0 Å². The van der Waals surface area contributed by atoms with Crippen molar-refractivity contribution in [1.29, 1.82) is 0 Å². The SMILES string of the molecule is Cc1ccc(Cn2cc(NC(=S)N3CCN(Cc4cccc(Cl)c4)CC3)cn2)cc1. The summed E-state index contributed by atoms with van der Waals surface area (Å²) in [6.07, 6.45) is 3.83. The number of rotatable bonds is 5. The van der Waals surface area contributed by atoms with Crippen molar-refractivity contribution >= 4 is 34.6 Å². The third-order valence-electron chi connectivity index (χ3n) is 5.30. The lowest BCUT2D eigenvalue weighted by atomic mass is 10.1. The molecule has 156 valence electrons. The summed E-state index contributed by atoms with van der Waals surface area (Å²) >= 11 is 11.7. The van der Waals surface area contributed by atoms with Crippen molar-refractivity contribution in [2.24, 2.45) is 0 Å². The molecule has 30 heavy (non-hydrogen) atoms. The smallest absolute Gasteiger partial charge is 0.173 e. The number of aryl methyl sites for hydroxylation is 1. The molecule has 4 rings (SSSR count). The maximum absolute atomic E-state index is 6.10. The second kappa shape index (κ2) is 9.60. The summed E-state index contributed by atoms with van der Waals surface area (Å²) in [5, 5.41) is 9.34. The van der Waals surface area contributed by atoms with Gasteiger partial charge >= 0.3 is 0 Å². The first kappa shape index (κ1) is 20.8. The number of piperazine rings is 1. The molecule has 0 atom stereocenters. The highest BCUT2D eigenvalue weighted by molar-refractivity contribution is 7.80. The van der Waals surface area contributed by atoms with E-state index in [2.05, 4.69) is 57.5 Å². The first-order chi connectivity index (χ1) is 14.5. The van der Waals surface area contributed by atoms with Crippen LogP contribution in [0.5, 0.6) is 0 Å². The molecular weight excluding hydrogens is 414 g/mol. The minimum absolute atomic E-state index is 0.747. The Morgan fingerprint density at radius 1 is 1.03 bits per heavy atom. The van der Waals surface area contributed by atoms with Crippen molar-refractivity contribution < 1.29 is 0 Å². The quantitative estimate of drug-likeness (QED) is 0.596. The van der Waals surface area contributed by atoms with Gasteiger partial charge in [-0.05, 0) is 42.4 Å². The van der Waals surface area contributed by atoms with Crippen molar-refractivity contribution in [2.75, 3.05) is 31.5 Å². The van der Waals surface area contributed by atoms with Gasteiger partial charge in [-0.25, -0.2) is 0 Å². The summed E-state index contributed by atoms with van der Waals surface area (Å²) < 4.78 is 1.93. The minimum Gasteiger partial charge on any atom is -0.346 e. The van der Waals surface area contributed by atoms with Gasteiger partial charge in [0.2, 0.25) is 0 Å². The molecule has 0 amide bonds. The lowest BCUT2D eigenvalue weighted by molar-refractivity contribution is 0.177. The molecule has 0 saturated carbocycles. The number of hydrogen-bond acceptors (Lipinski definition) is 3. The van der Waals surface area contributed by atoms with E-state index in [-0.39, 0.29) is 0 Å². The molecule has 1 saturated heterocycles. The van der Waals surface area contributed by atoms with E-state index < -0.39 is 0 Å². The van der Waals surface area contributed by atoms with E-state index in [1.807, 2.05) is 35.3 Å². The van der Waals surface area contributed by atoms with Crippen LogP contribution in [0.4, 0.5) is 5.69 Å². The molecule has 0 unspecified atom stereocenters. The topological polar surface area (TPSA) is 36.3 Å². The summed E-state index contributed by atoms with van der Waals surface area (Å²) in [6.45, 7) is 7.52. The maximum Gasteiger partial charge on any atom is 0.173 e. The third kappa shape index (κ3) is 5.59. The van der Waals surface area contributed by atoms with Crippen LogP contribution in [-0.2, 0) is 13.1 Å². The van der Waals surface area contributed by atoms with Crippen molar-refractivity contribution in [3.8, 4) is 0 Å². The highest BCUT2D eigenvalue weighted by Gasteiger charge is 2.19. The van der Waals surface area contributed by atoms with E-state index in [1.165, 1.54) is 16.7 Å². The van der Waals surface area contributed by atoms with Crippen molar-refractivity contribution in [3.63, 3.8) is 0 Å². The molecule has 0 bridgehead atoms. The lowest BCUT2D eigenvalue weighted by Crippen LogP contribution is -2.49. The first-order valence-corrected chi connectivity index (χ1v) is 10.9. The molecule has 1 fully saturated rings. The molecule has 1 N–H and O–H groups in total. The fourth-order valence-electron chi connectivity index (χ4n) is 3.60. The van der Waals surface area contributed by atoms with E-state index in [0.717, 1.165) is 55.1 Å². The minimum atomic E-state index is 0.747. The molecule has 3 aromatic rings. The van der Waals surface area contributed by atoms with Crippen molar-refractivity contribution in [2.45, 2.75) is 20.0 Å². The van der Waals surface area contributed by atoms with Crippen LogP contribution < -0.4 is 5.32 Å². The number of nitrogens with one attached hydrogen (secondary N) is 1. The number of anilines is 1. The fourth-order valence-corrected chi connectivity index (χ4v) is 4.11. The lowest BCUT2D eigenvalue weighted by Gasteiger charge is -2.36. The Bertz CT molecular complexity index is 993. The summed E-state index contributed by atoms with van der Waals surface area (Å²) in [4.78, 5) is 4.66. The van der Waals surface area contributed by atoms with Gasteiger partial charge < -0.3 is 10.2 Å². The van der Waals surface area contributed by atoms with E-state index in [4.69, 9.17) is 23.8 Å². The Morgan fingerprint density at radius 3 is 2.53 bits per heavy atom. The summed E-state index contributed by atoms with van der Waals surface area (Å²) in [6, 6.07) is 16.6. The van der Waals surface area contributed by atoms with Gasteiger partial charge in [-0.15, -0.1) is 0 Å². The molecular formula is C23H26ClN5S. The van der Waals surface area contributed by atoms with Gasteiger partial charge in [-0.2, -0.15) is 5.10 Å². The monoisotopic (exact) mass is 439 g/mol. The average Bonchev–Trinajstić information content (AvgIpc) is 3.17. The zero-order valence-electron chi connectivity index (χ0n) is 17.1. The zero-order chi connectivity index (χ0) is 20.9. The standard InChI is InChI=1S/C23H26ClN5S/c1-18-5-7-19(8-6-18)16-29-17-22(14-25-29)26-23(30)28-11-9-27(10-12-28)15-20-3-2-4-21(24)13-20/h2-8,13-14,17H,9-12,15-16H2,1H3,(H,26,30). The number of halogens is 1. The molecule has 1 aromatic heterocycles. The van der Waals surface area contributed by atoms with Crippen LogP contribution in [0.2, 0.25) is 5.02 Å². The van der Waals surface area contributed by atoms with Crippen LogP contribution in [0.15, 0.2) is 60.9 Å². The highest BCUT2D eigenvalue weighted by Crippen LogP contribution is 2.15. The molecule has 0 aliphatic carbocycles. The van der Waals surface area contributed by atoms with Crippen LogP contribution in [0, 0.1) is 6.92 Å². The molecule has 2 heterocycles. The summed E-state index contributed by atoms with van der Waals surface area (Å²) in [5.41, 5.74) is 4.67. The van der Waals surface area contributed by atoms with Crippen LogP contribution in [-0.4, -0.2) is 50.9 Å². The first-order valence-electron chi connectivity index (χ1n) is 10.2. The van der Waals surface area contributed by atoms with Gasteiger partial charge in [-0.3, -0.25) is 9.58 Å². The zero-order valence-corrected chi connectivity index (χ0v) is 18.7. The number of nitrogens with zero attached hydrogens (tertiary/aromatic N) is 4. The van der Waals surface area contributed by atoms with Gasteiger partial charge in [0.1, 0.15) is 0 Å². The predicted molar refractivity (Wildman–Crippen MR) is 127 cm³/mol. The van der Waals surface area contributed by atoms with Gasteiger partial charge in [0.25, 0.3) is 0 Å². The molecule has 1 aliphatic heterocycles. The molecule has 0 spiro atoms. The normalized spacial score (nSPS) is 14.7. The number of hydrogen-bond donors (Lipinski definition) is 1. The second-order valence-electron chi connectivity index (χ2n) is 7.74. The Hall–Kier alpha value is -2.41. The Morgan fingerprint density at radius 2 is 1.80 bits per heavy atom. The van der Waals surface area contributed by atoms with E-state index >= 15 is 0 Å². The third-order valence-corrected chi connectivity index (χ3v) is 5.90. The van der Waals surface area contributed by atoms with E-state index in [1.54, 1.807) is 0 Å². The van der Waals surface area contributed by atoms with Gasteiger partial charge in [0.05, 0.1) is 18.4 Å². The van der Waals surface area contributed by atoms with Gasteiger partial charge in [-0.1, -0.05) is 53.6 Å². The number of benzene rings is 2. The Balaban J connectivity index is 1.26. The predicted octanol–water partition coefficient (Wildman–Crippen LogP) is 4.41. The number of aromatic nitrogens is 2. The Labute approximate surface area is 188 Å². The molecule has 5 nitrogen and oxygen atoms in total. The molecule has 1 aliphatic rings. The highest BCUT2D eigenvalue weighted by atomic mass is 35.5. The number of thiocarbonyl (C=S) groups is 1. The molecule has 7 heteroatoms. The van der Waals surface area contributed by atoms with Crippen LogP contribution in [0.1, 0.15) is 16.7 Å². The van der Waals surface area contributed by atoms with Gasteiger partial charge in [0, 0.05) is 43.9 Å². The summed E-state index contributed by atoms with van der Waals surface area (Å²) in [7, 11) is 0.